The first-order valence-electron chi connectivity index (χ1n) is 5.88. The molecule has 3 nitrogen and oxygen atoms in total. The van der Waals surface area contributed by atoms with Crippen molar-refractivity contribution in [1.29, 1.82) is 0 Å². The van der Waals surface area contributed by atoms with Crippen molar-refractivity contribution in [2.45, 2.75) is 39.2 Å². The maximum atomic E-state index is 11.9. The van der Waals surface area contributed by atoms with Crippen LogP contribution in [0.2, 0.25) is 0 Å². The van der Waals surface area contributed by atoms with E-state index in [4.69, 9.17) is 0 Å². The van der Waals surface area contributed by atoms with Gasteiger partial charge in [0.05, 0.1) is 11.5 Å². The summed E-state index contributed by atoms with van der Waals surface area (Å²) in [6.07, 6.45) is 0. The molecule has 1 aromatic rings. The Morgan fingerprint density at radius 2 is 2.18 bits per heavy atom. The van der Waals surface area contributed by atoms with Crippen LogP contribution in [0.1, 0.15) is 38.5 Å². The summed E-state index contributed by atoms with van der Waals surface area (Å²) in [6, 6.07) is 3.89. The number of hydrogen-bond donors (Lipinski definition) is 2. The van der Waals surface area contributed by atoms with E-state index in [2.05, 4.69) is 5.32 Å². The molecule has 0 radical (unpaired) electrons. The number of thiophene rings is 1. The van der Waals surface area contributed by atoms with Crippen LogP contribution in [-0.2, 0) is 4.79 Å². The van der Waals surface area contributed by atoms with Crippen molar-refractivity contribution in [3.8, 4) is 0 Å². The fourth-order valence-corrected chi connectivity index (χ4v) is 2.07. The SMILES string of the molecule is CC(C(=O)NCC(C)(O)C(C)C)c1cccs1. The van der Waals surface area contributed by atoms with Crippen LogP contribution in [0.4, 0.5) is 0 Å². The highest BCUT2D eigenvalue weighted by Crippen LogP contribution is 2.21. The number of carbonyl (C=O) groups excluding carboxylic acids is 1. The number of carbonyl (C=O) groups is 1. The second kappa shape index (κ2) is 5.65. The second-order valence-electron chi connectivity index (χ2n) is 4.97. The Morgan fingerprint density at radius 3 is 2.65 bits per heavy atom. The topological polar surface area (TPSA) is 49.3 Å². The van der Waals surface area contributed by atoms with Crippen LogP contribution < -0.4 is 5.32 Å². The standard InChI is InChI=1S/C13H21NO2S/c1-9(2)13(4,16)8-14-12(15)10(3)11-6-5-7-17-11/h5-7,9-10,16H,8H2,1-4H3,(H,14,15). The Balaban J connectivity index is 2.51. The minimum atomic E-state index is -0.856. The van der Waals surface area contributed by atoms with E-state index in [0.717, 1.165) is 4.88 Å². The summed E-state index contributed by atoms with van der Waals surface area (Å²) >= 11 is 1.58. The van der Waals surface area contributed by atoms with Crippen molar-refractivity contribution >= 4 is 17.2 Å². The van der Waals surface area contributed by atoms with Gasteiger partial charge in [-0.2, -0.15) is 0 Å². The molecule has 96 valence electrons. The summed E-state index contributed by atoms with van der Waals surface area (Å²) in [5.41, 5.74) is -0.856. The number of hydrogen-bond acceptors (Lipinski definition) is 3. The molecular weight excluding hydrogens is 234 g/mol. The van der Waals surface area contributed by atoms with E-state index >= 15 is 0 Å². The van der Waals surface area contributed by atoms with Gasteiger partial charge in [0.15, 0.2) is 0 Å². The van der Waals surface area contributed by atoms with Gasteiger partial charge in [0.25, 0.3) is 0 Å². The molecule has 0 saturated heterocycles. The largest absolute Gasteiger partial charge is 0.388 e. The summed E-state index contributed by atoms with van der Waals surface area (Å²) in [5.74, 6) is -0.0776. The van der Waals surface area contributed by atoms with Crippen molar-refractivity contribution in [2.24, 2.45) is 5.92 Å². The predicted molar refractivity (Wildman–Crippen MR) is 71.2 cm³/mol. The zero-order valence-electron chi connectivity index (χ0n) is 10.9. The smallest absolute Gasteiger partial charge is 0.228 e. The van der Waals surface area contributed by atoms with E-state index in [1.54, 1.807) is 18.3 Å². The van der Waals surface area contributed by atoms with Gasteiger partial charge in [0.2, 0.25) is 5.91 Å². The molecule has 0 bridgehead atoms. The molecule has 0 aliphatic heterocycles. The van der Waals surface area contributed by atoms with Crippen LogP contribution in [0.15, 0.2) is 17.5 Å². The molecule has 2 atom stereocenters. The van der Waals surface area contributed by atoms with Crippen molar-refractivity contribution in [3.63, 3.8) is 0 Å². The third-order valence-corrected chi connectivity index (χ3v) is 4.28. The Bertz CT molecular complexity index is 358. The molecule has 1 aromatic heterocycles. The van der Waals surface area contributed by atoms with Gasteiger partial charge in [-0.1, -0.05) is 19.9 Å². The lowest BCUT2D eigenvalue weighted by atomic mass is 9.92. The van der Waals surface area contributed by atoms with Crippen molar-refractivity contribution < 1.29 is 9.90 Å². The van der Waals surface area contributed by atoms with Gasteiger partial charge in [-0.05, 0) is 31.2 Å². The first kappa shape index (κ1) is 14.2. The summed E-state index contributed by atoms with van der Waals surface area (Å²) in [7, 11) is 0. The van der Waals surface area contributed by atoms with E-state index < -0.39 is 5.60 Å². The summed E-state index contributed by atoms with van der Waals surface area (Å²) < 4.78 is 0. The number of nitrogens with one attached hydrogen (secondary N) is 1. The number of aliphatic hydroxyl groups is 1. The lowest BCUT2D eigenvalue weighted by molar-refractivity contribution is -0.123. The Labute approximate surface area is 107 Å². The highest BCUT2D eigenvalue weighted by atomic mass is 32.1. The van der Waals surface area contributed by atoms with E-state index in [9.17, 15) is 9.90 Å². The molecule has 0 aromatic carbocycles. The summed E-state index contributed by atoms with van der Waals surface area (Å²) in [5, 5.41) is 14.8. The maximum Gasteiger partial charge on any atom is 0.228 e. The molecule has 1 rings (SSSR count). The van der Waals surface area contributed by atoms with Crippen LogP contribution in [0, 0.1) is 5.92 Å². The van der Waals surface area contributed by atoms with Crippen LogP contribution >= 0.6 is 11.3 Å². The van der Waals surface area contributed by atoms with Gasteiger partial charge in [0, 0.05) is 11.4 Å². The second-order valence-corrected chi connectivity index (χ2v) is 5.95. The first-order chi connectivity index (χ1) is 7.84. The third-order valence-electron chi connectivity index (χ3n) is 3.23. The minimum Gasteiger partial charge on any atom is -0.388 e. The fourth-order valence-electron chi connectivity index (χ4n) is 1.29. The van der Waals surface area contributed by atoms with Crippen LogP contribution in [0.3, 0.4) is 0 Å². The molecule has 0 aliphatic rings. The van der Waals surface area contributed by atoms with E-state index in [1.165, 1.54) is 0 Å². The molecule has 1 amide bonds. The molecule has 2 unspecified atom stereocenters. The van der Waals surface area contributed by atoms with Gasteiger partial charge in [-0.3, -0.25) is 4.79 Å². The maximum absolute atomic E-state index is 11.9. The van der Waals surface area contributed by atoms with E-state index in [-0.39, 0.29) is 17.7 Å². The fraction of sp³-hybridized carbons (Fsp3) is 0.615. The van der Waals surface area contributed by atoms with Gasteiger partial charge in [0.1, 0.15) is 0 Å². The number of rotatable bonds is 5. The third kappa shape index (κ3) is 3.82. The van der Waals surface area contributed by atoms with Gasteiger partial charge >= 0.3 is 0 Å². The molecular formula is C13H21NO2S. The summed E-state index contributed by atoms with van der Waals surface area (Å²) in [6.45, 7) is 7.79. The zero-order valence-corrected chi connectivity index (χ0v) is 11.7. The monoisotopic (exact) mass is 255 g/mol. The highest BCUT2D eigenvalue weighted by Gasteiger charge is 2.26. The van der Waals surface area contributed by atoms with E-state index in [0.29, 0.717) is 6.54 Å². The molecule has 0 saturated carbocycles. The van der Waals surface area contributed by atoms with Crippen molar-refractivity contribution in [2.75, 3.05) is 6.54 Å². The highest BCUT2D eigenvalue weighted by molar-refractivity contribution is 7.10. The average Bonchev–Trinajstić information content (AvgIpc) is 2.78. The quantitative estimate of drug-likeness (QED) is 0.848. The van der Waals surface area contributed by atoms with Gasteiger partial charge in [-0.15, -0.1) is 11.3 Å². The van der Waals surface area contributed by atoms with Gasteiger partial charge in [-0.25, -0.2) is 0 Å². The zero-order chi connectivity index (χ0) is 13.1. The first-order valence-corrected chi connectivity index (χ1v) is 6.76. The average molecular weight is 255 g/mol. The lowest BCUT2D eigenvalue weighted by Gasteiger charge is -2.28. The van der Waals surface area contributed by atoms with Crippen LogP contribution in [0.5, 0.6) is 0 Å². The minimum absolute atomic E-state index is 0.0339. The van der Waals surface area contributed by atoms with E-state index in [1.807, 2.05) is 38.3 Å². The van der Waals surface area contributed by atoms with Crippen LogP contribution in [-0.4, -0.2) is 23.2 Å². The van der Waals surface area contributed by atoms with Gasteiger partial charge < -0.3 is 10.4 Å². The Kier molecular flexibility index (Phi) is 4.71. The molecule has 4 heteroatoms. The number of amides is 1. The summed E-state index contributed by atoms with van der Waals surface area (Å²) in [4.78, 5) is 12.9. The Morgan fingerprint density at radius 1 is 1.53 bits per heavy atom. The van der Waals surface area contributed by atoms with Crippen molar-refractivity contribution in [3.05, 3.63) is 22.4 Å². The normalized spacial score (nSPS) is 16.6. The molecule has 0 aliphatic carbocycles. The van der Waals surface area contributed by atoms with Crippen molar-refractivity contribution in [1.82, 2.24) is 5.32 Å². The molecule has 17 heavy (non-hydrogen) atoms. The lowest BCUT2D eigenvalue weighted by Crippen LogP contribution is -2.45. The molecule has 2 N–H and O–H groups in total. The predicted octanol–water partition coefficient (Wildman–Crippen LogP) is 2.37. The van der Waals surface area contributed by atoms with Crippen LogP contribution in [0.25, 0.3) is 0 Å². The molecule has 1 heterocycles. The molecule has 0 fully saturated rings. The Hall–Kier alpha value is -0.870. The molecule has 0 spiro atoms.